The van der Waals surface area contributed by atoms with Gasteiger partial charge in [-0.05, 0) is 55.3 Å². The summed E-state index contributed by atoms with van der Waals surface area (Å²) in [6.07, 6.45) is 0.716. The van der Waals surface area contributed by atoms with E-state index < -0.39 is 11.9 Å². The molecule has 0 unspecified atom stereocenters. The Labute approximate surface area is 187 Å². The molecule has 0 spiro atoms. The number of carboxylic acids is 1. The first-order chi connectivity index (χ1) is 15.4. The summed E-state index contributed by atoms with van der Waals surface area (Å²) in [6, 6.07) is 10.7. The number of carbonyl (C=O) groups excluding carboxylic acids is 1. The summed E-state index contributed by atoms with van der Waals surface area (Å²) >= 11 is 0. The zero-order valence-corrected chi connectivity index (χ0v) is 18.5. The van der Waals surface area contributed by atoms with Crippen molar-refractivity contribution in [2.45, 2.75) is 26.2 Å². The number of methoxy groups -OCH3 is 2. The summed E-state index contributed by atoms with van der Waals surface area (Å²) in [4.78, 5) is 29.0. The second-order valence-electron chi connectivity index (χ2n) is 7.39. The van der Waals surface area contributed by atoms with Crippen LogP contribution in [0.1, 0.15) is 30.9 Å². The quantitative estimate of drug-likeness (QED) is 0.585. The smallest absolute Gasteiger partial charge is 0.307 e. The molecular weight excluding hydrogens is 412 g/mol. The third-order valence-electron chi connectivity index (χ3n) is 5.27. The molecule has 0 radical (unpaired) electrons. The third kappa shape index (κ3) is 5.57. The van der Waals surface area contributed by atoms with Gasteiger partial charge in [0.15, 0.2) is 11.5 Å². The number of hydrogen-bond acceptors (Lipinski definition) is 6. The van der Waals surface area contributed by atoms with Crippen molar-refractivity contribution < 1.29 is 28.9 Å². The Bertz CT molecular complexity index is 1000. The number of nitrogens with zero attached hydrogens (tertiary/aromatic N) is 1. The van der Waals surface area contributed by atoms with E-state index in [0.717, 1.165) is 17.5 Å². The molecule has 0 fully saturated rings. The molecule has 1 aliphatic heterocycles. The summed E-state index contributed by atoms with van der Waals surface area (Å²) in [5, 5.41) is 12.5. The number of rotatable bonds is 10. The van der Waals surface area contributed by atoms with Gasteiger partial charge in [0.05, 0.1) is 26.7 Å². The van der Waals surface area contributed by atoms with E-state index in [0.29, 0.717) is 41.8 Å². The Hall–Kier alpha value is -3.55. The summed E-state index contributed by atoms with van der Waals surface area (Å²) in [7, 11) is 3.13. The van der Waals surface area contributed by atoms with Gasteiger partial charge in [0.1, 0.15) is 5.75 Å². The van der Waals surface area contributed by atoms with Gasteiger partial charge in [-0.25, -0.2) is 0 Å². The minimum absolute atomic E-state index is 0.147. The molecule has 170 valence electrons. The first-order valence-electron chi connectivity index (χ1n) is 10.5. The van der Waals surface area contributed by atoms with E-state index in [1.54, 1.807) is 38.5 Å². The SMILES string of the molecule is CCOc1ccc(NC(=O)C[C@H](CC2=NCCc3cc(OC)c(OC)cc32)C(=O)O)cc1. The van der Waals surface area contributed by atoms with Crippen LogP contribution in [0.15, 0.2) is 41.4 Å². The average Bonchev–Trinajstić information content (AvgIpc) is 2.79. The van der Waals surface area contributed by atoms with E-state index >= 15 is 0 Å². The van der Waals surface area contributed by atoms with Crippen LogP contribution >= 0.6 is 0 Å². The first kappa shape index (κ1) is 23.1. The van der Waals surface area contributed by atoms with E-state index in [1.807, 2.05) is 19.1 Å². The molecule has 0 saturated carbocycles. The number of aliphatic imine (C=N–C) groups is 1. The summed E-state index contributed by atoms with van der Waals surface area (Å²) in [5.41, 5.74) is 3.11. The van der Waals surface area contributed by atoms with E-state index in [2.05, 4.69) is 10.3 Å². The van der Waals surface area contributed by atoms with Crippen molar-refractivity contribution >= 4 is 23.3 Å². The molecule has 1 heterocycles. The fourth-order valence-electron chi connectivity index (χ4n) is 3.68. The lowest BCUT2D eigenvalue weighted by Gasteiger charge is -2.21. The van der Waals surface area contributed by atoms with Crippen LogP contribution in [0.25, 0.3) is 0 Å². The number of amides is 1. The lowest BCUT2D eigenvalue weighted by Crippen LogP contribution is -2.26. The Balaban J connectivity index is 1.71. The monoisotopic (exact) mass is 440 g/mol. The number of anilines is 1. The van der Waals surface area contributed by atoms with Crippen LogP contribution < -0.4 is 19.5 Å². The molecule has 2 aromatic carbocycles. The van der Waals surface area contributed by atoms with E-state index in [-0.39, 0.29) is 18.7 Å². The van der Waals surface area contributed by atoms with Crippen LogP contribution in [0.4, 0.5) is 5.69 Å². The van der Waals surface area contributed by atoms with Crippen LogP contribution in [0.2, 0.25) is 0 Å². The van der Waals surface area contributed by atoms with Crippen LogP contribution in [-0.2, 0) is 16.0 Å². The number of carboxylic acid groups (broad SMARTS) is 1. The Kier molecular flexibility index (Phi) is 7.70. The van der Waals surface area contributed by atoms with Crippen molar-refractivity contribution in [3.05, 3.63) is 47.5 Å². The van der Waals surface area contributed by atoms with Gasteiger partial charge in [-0.2, -0.15) is 0 Å². The van der Waals surface area contributed by atoms with Crippen LogP contribution in [0.5, 0.6) is 17.2 Å². The molecular formula is C24H28N2O6. The zero-order valence-electron chi connectivity index (χ0n) is 18.5. The summed E-state index contributed by atoms with van der Waals surface area (Å²) < 4.78 is 16.1. The first-order valence-corrected chi connectivity index (χ1v) is 10.5. The fourth-order valence-corrected chi connectivity index (χ4v) is 3.68. The fraction of sp³-hybridized carbons (Fsp3) is 0.375. The highest BCUT2D eigenvalue weighted by Crippen LogP contribution is 2.33. The van der Waals surface area contributed by atoms with Crippen molar-refractivity contribution in [2.75, 3.05) is 32.7 Å². The third-order valence-corrected chi connectivity index (χ3v) is 5.27. The van der Waals surface area contributed by atoms with Crippen molar-refractivity contribution in [1.82, 2.24) is 0 Å². The maximum atomic E-state index is 12.5. The van der Waals surface area contributed by atoms with Gasteiger partial charge in [-0.3, -0.25) is 14.6 Å². The van der Waals surface area contributed by atoms with E-state index in [9.17, 15) is 14.7 Å². The predicted molar refractivity (Wildman–Crippen MR) is 121 cm³/mol. The van der Waals surface area contributed by atoms with Crippen molar-refractivity contribution in [2.24, 2.45) is 10.9 Å². The van der Waals surface area contributed by atoms with Gasteiger partial charge in [0, 0.05) is 36.3 Å². The van der Waals surface area contributed by atoms with Gasteiger partial charge in [0.2, 0.25) is 5.91 Å². The molecule has 0 saturated heterocycles. The number of carbonyl (C=O) groups is 2. The number of ether oxygens (including phenoxy) is 3. The lowest BCUT2D eigenvalue weighted by molar-refractivity contribution is -0.143. The Morgan fingerprint density at radius 2 is 1.81 bits per heavy atom. The van der Waals surface area contributed by atoms with Gasteiger partial charge in [-0.15, -0.1) is 0 Å². The van der Waals surface area contributed by atoms with Gasteiger partial charge in [-0.1, -0.05) is 0 Å². The highest BCUT2D eigenvalue weighted by molar-refractivity contribution is 6.05. The van der Waals surface area contributed by atoms with Crippen LogP contribution in [0.3, 0.4) is 0 Å². The normalized spacial score (nSPS) is 13.4. The number of aliphatic carboxylic acids is 1. The highest BCUT2D eigenvalue weighted by Gasteiger charge is 2.27. The maximum absolute atomic E-state index is 12.5. The number of benzene rings is 2. The van der Waals surface area contributed by atoms with Crippen molar-refractivity contribution in [1.29, 1.82) is 0 Å². The number of fused-ring (bicyclic) bond motifs is 1. The van der Waals surface area contributed by atoms with Gasteiger partial charge < -0.3 is 24.6 Å². The molecule has 8 nitrogen and oxygen atoms in total. The molecule has 0 aromatic heterocycles. The molecule has 3 rings (SSSR count). The molecule has 2 aromatic rings. The molecule has 32 heavy (non-hydrogen) atoms. The average molecular weight is 440 g/mol. The highest BCUT2D eigenvalue weighted by atomic mass is 16.5. The Morgan fingerprint density at radius 1 is 1.12 bits per heavy atom. The topological polar surface area (TPSA) is 106 Å². The molecule has 1 aliphatic rings. The molecule has 0 aliphatic carbocycles. The number of hydrogen-bond donors (Lipinski definition) is 2. The van der Waals surface area contributed by atoms with Crippen LogP contribution in [0, 0.1) is 5.92 Å². The molecule has 2 N–H and O–H groups in total. The largest absolute Gasteiger partial charge is 0.494 e. The molecule has 0 bridgehead atoms. The molecule has 1 atom stereocenters. The number of nitrogens with one attached hydrogen (secondary N) is 1. The maximum Gasteiger partial charge on any atom is 0.307 e. The van der Waals surface area contributed by atoms with E-state index in [1.165, 1.54) is 0 Å². The van der Waals surface area contributed by atoms with Gasteiger partial charge in [0.25, 0.3) is 0 Å². The lowest BCUT2D eigenvalue weighted by atomic mass is 9.89. The van der Waals surface area contributed by atoms with Crippen molar-refractivity contribution in [3.8, 4) is 17.2 Å². The second kappa shape index (κ2) is 10.7. The molecule has 1 amide bonds. The summed E-state index contributed by atoms with van der Waals surface area (Å²) in [6.45, 7) is 3.00. The minimum Gasteiger partial charge on any atom is -0.494 e. The Morgan fingerprint density at radius 3 is 2.44 bits per heavy atom. The minimum atomic E-state index is -1.04. The van der Waals surface area contributed by atoms with E-state index in [4.69, 9.17) is 14.2 Å². The van der Waals surface area contributed by atoms with Crippen molar-refractivity contribution in [3.63, 3.8) is 0 Å². The van der Waals surface area contributed by atoms with Crippen LogP contribution in [-0.4, -0.2) is 50.1 Å². The molecule has 8 heteroatoms. The standard InChI is InChI=1S/C24H28N2O6/c1-4-32-18-7-5-17(6-8-18)26-23(27)13-16(24(28)29)11-20-19-14-22(31-3)21(30-2)12-15(19)9-10-25-20/h5-8,12,14,16H,4,9-11,13H2,1-3H3,(H,26,27)(H,28,29)/t16-/m0/s1. The predicted octanol–water partition coefficient (Wildman–Crippen LogP) is 3.57. The summed E-state index contributed by atoms with van der Waals surface area (Å²) in [5.74, 6) is -0.434. The van der Waals surface area contributed by atoms with Gasteiger partial charge >= 0.3 is 5.97 Å². The zero-order chi connectivity index (χ0) is 23.1. The second-order valence-corrected chi connectivity index (χ2v) is 7.39.